The molecular weight excluding hydrogens is 464 g/mol. The van der Waals surface area contributed by atoms with Gasteiger partial charge in [0.05, 0.1) is 5.54 Å². The summed E-state index contributed by atoms with van der Waals surface area (Å²) >= 11 is 1.79. The summed E-state index contributed by atoms with van der Waals surface area (Å²) in [6.45, 7) is 0.207. The van der Waals surface area contributed by atoms with Crippen molar-refractivity contribution < 1.29 is 24.2 Å². The van der Waals surface area contributed by atoms with E-state index < -0.39 is 23.1 Å². The summed E-state index contributed by atoms with van der Waals surface area (Å²) in [7, 11) is 0. The van der Waals surface area contributed by atoms with Gasteiger partial charge >= 0.3 is 12.1 Å². The van der Waals surface area contributed by atoms with Crippen LogP contribution < -0.4 is 10.6 Å². The third-order valence-electron chi connectivity index (χ3n) is 7.65. The average molecular weight is 495 g/mol. The highest BCUT2D eigenvalue weighted by molar-refractivity contribution is 7.99. The topological polar surface area (TPSA) is 105 Å². The van der Waals surface area contributed by atoms with Gasteiger partial charge in [0.15, 0.2) is 0 Å². The Labute approximate surface area is 209 Å². The number of carboxylic acids is 1. The van der Waals surface area contributed by atoms with E-state index in [0.717, 1.165) is 40.2 Å². The van der Waals surface area contributed by atoms with E-state index in [1.165, 1.54) is 0 Å². The molecule has 2 aromatic carbocycles. The number of nitrogens with one attached hydrogen (secondary N) is 2. The maximum atomic E-state index is 13.0. The van der Waals surface area contributed by atoms with Crippen LogP contribution in [0.25, 0.3) is 11.1 Å². The first-order valence-electron chi connectivity index (χ1n) is 12.2. The van der Waals surface area contributed by atoms with Crippen molar-refractivity contribution >= 4 is 29.7 Å². The van der Waals surface area contributed by atoms with E-state index in [-0.39, 0.29) is 24.9 Å². The molecule has 1 saturated heterocycles. The lowest BCUT2D eigenvalue weighted by atomic mass is 9.76. The quantitative estimate of drug-likeness (QED) is 0.530. The second kappa shape index (κ2) is 9.57. The zero-order chi connectivity index (χ0) is 24.5. The molecule has 0 unspecified atom stereocenters. The molecule has 2 fully saturated rings. The van der Waals surface area contributed by atoms with Crippen molar-refractivity contribution in [3.05, 3.63) is 59.7 Å². The molecule has 7 nitrogen and oxygen atoms in total. The largest absolute Gasteiger partial charge is 0.480 e. The van der Waals surface area contributed by atoms with Crippen LogP contribution in [-0.2, 0) is 14.3 Å². The zero-order valence-electron chi connectivity index (χ0n) is 19.5. The first-order chi connectivity index (χ1) is 16.9. The van der Waals surface area contributed by atoms with Gasteiger partial charge in [-0.1, -0.05) is 48.5 Å². The number of aliphatic carboxylic acids is 1. The van der Waals surface area contributed by atoms with E-state index in [4.69, 9.17) is 4.74 Å². The lowest BCUT2D eigenvalue weighted by molar-refractivity contribution is -0.152. The second-order valence-electron chi connectivity index (χ2n) is 9.81. The van der Waals surface area contributed by atoms with Crippen LogP contribution in [0.2, 0.25) is 0 Å². The molecule has 35 heavy (non-hydrogen) atoms. The van der Waals surface area contributed by atoms with E-state index in [2.05, 4.69) is 34.9 Å². The fourth-order valence-electron chi connectivity index (χ4n) is 5.50. The molecule has 2 aliphatic carbocycles. The van der Waals surface area contributed by atoms with E-state index in [1.54, 1.807) is 11.8 Å². The standard InChI is InChI=1S/C27H30N2O5S/c30-23(28-27(24(31)32)10-5-11-27)16-26(12-14-35-15-13-26)29-25(33)34-17-22-20-8-3-1-6-18(20)19-7-2-4-9-21(19)22/h1-4,6-9,22H,5,10-17H2,(H,28,30)(H,29,33)(H,31,32). The molecule has 2 aromatic rings. The van der Waals surface area contributed by atoms with Gasteiger partial charge in [0.25, 0.3) is 0 Å². The molecular formula is C27H30N2O5S. The number of thioether (sulfide) groups is 1. The van der Waals surface area contributed by atoms with E-state index in [1.807, 2.05) is 24.3 Å². The molecule has 0 spiro atoms. The molecule has 0 atom stereocenters. The van der Waals surface area contributed by atoms with Gasteiger partial charge in [-0.2, -0.15) is 11.8 Å². The van der Waals surface area contributed by atoms with Crippen LogP contribution in [0.15, 0.2) is 48.5 Å². The number of amides is 2. The van der Waals surface area contributed by atoms with Gasteiger partial charge in [0.2, 0.25) is 5.91 Å². The molecule has 2 amide bonds. The van der Waals surface area contributed by atoms with Crippen molar-refractivity contribution in [2.24, 2.45) is 0 Å². The van der Waals surface area contributed by atoms with Crippen LogP contribution in [-0.4, -0.2) is 52.3 Å². The zero-order valence-corrected chi connectivity index (χ0v) is 20.4. The summed E-state index contributed by atoms with van der Waals surface area (Å²) in [4.78, 5) is 37.5. The van der Waals surface area contributed by atoms with Gasteiger partial charge in [-0.3, -0.25) is 4.79 Å². The number of hydrogen-bond donors (Lipinski definition) is 3. The molecule has 1 saturated carbocycles. The third-order valence-corrected chi connectivity index (χ3v) is 8.64. The van der Waals surface area contributed by atoms with Crippen LogP contribution in [0.3, 0.4) is 0 Å². The number of alkyl carbamates (subject to hydrolysis) is 1. The van der Waals surface area contributed by atoms with Gasteiger partial charge in [-0.05, 0) is 65.9 Å². The van der Waals surface area contributed by atoms with Crippen LogP contribution in [0, 0.1) is 0 Å². The van der Waals surface area contributed by atoms with Crippen LogP contribution in [0.5, 0.6) is 0 Å². The number of hydrogen-bond acceptors (Lipinski definition) is 5. The maximum absolute atomic E-state index is 13.0. The van der Waals surface area contributed by atoms with Crippen molar-refractivity contribution in [2.45, 2.75) is 55.5 Å². The van der Waals surface area contributed by atoms with Gasteiger partial charge in [0.1, 0.15) is 12.1 Å². The number of ether oxygens (including phenoxy) is 1. The highest BCUT2D eigenvalue weighted by atomic mass is 32.2. The average Bonchev–Trinajstić information content (AvgIpc) is 3.14. The van der Waals surface area contributed by atoms with Gasteiger partial charge in [-0.25, -0.2) is 9.59 Å². The van der Waals surface area contributed by atoms with Gasteiger partial charge < -0.3 is 20.5 Å². The Hall–Kier alpha value is -3.00. The Balaban J connectivity index is 1.25. The highest BCUT2D eigenvalue weighted by Gasteiger charge is 2.47. The van der Waals surface area contributed by atoms with Crippen molar-refractivity contribution in [2.75, 3.05) is 18.1 Å². The predicted octanol–water partition coefficient (Wildman–Crippen LogP) is 4.30. The molecule has 0 radical (unpaired) electrons. The molecule has 3 aliphatic rings. The SMILES string of the molecule is O=C(CC1(NC(=O)OCC2c3ccccc3-c3ccccc32)CCSCC1)NC1(C(=O)O)CCC1. The van der Waals surface area contributed by atoms with Crippen molar-refractivity contribution in [1.29, 1.82) is 0 Å². The fourth-order valence-corrected chi connectivity index (χ4v) is 6.77. The second-order valence-corrected chi connectivity index (χ2v) is 11.0. The van der Waals surface area contributed by atoms with Crippen LogP contribution in [0.4, 0.5) is 4.79 Å². The molecule has 0 aromatic heterocycles. The first kappa shape index (κ1) is 23.7. The smallest absolute Gasteiger partial charge is 0.407 e. The molecule has 184 valence electrons. The van der Waals surface area contributed by atoms with Crippen LogP contribution >= 0.6 is 11.8 Å². The number of rotatable bonds is 7. The van der Waals surface area contributed by atoms with Gasteiger partial charge in [-0.15, -0.1) is 0 Å². The Bertz CT molecular complexity index is 1090. The van der Waals surface area contributed by atoms with E-state index in [0.29, 0.717) is 25.7 Å². The van der Waals surface area contributed by atoms with Gasteiger partial charge in [0, 0.05) is 12.3 Å². The van der Waals surface area contributed by atoms with E-state index >= 15 is 0 Å². The predicted molar refractivity (Wildman–Crippen MR) is 134 cm³/mol. The summed E-state index contributed by atoms with van der Waals surface area (Å²) in [5.74, 6) is 0.276. The monoisotopic (exact) mass is 494 g/mol. The van der Waals surface area contributed by atoms with Crippen molar-refractivity contribution in [1.82, 2.24) is 10.6 Å². The summed E-state index contributed by atoms with van der Waals surface area (Å²) in [6, 6.07) is 16.3. The minimum absolute atomic E-state index is 0.0386. The highest BCUT2D eigenvalue weighted by Crippen LogP contribution is 2.44. The Morgan fingerprint density at radius 1 is 0.914 bits per heavy atom. The Morgan fingerprint density at radius 2 is 1.51 bits per heavy atom. The van der Waals surface area contributed by atoms with Crippen molar-refractivity contribution in [3.8, 4) is 11.1 Å². The maximum Gasteiger partial charge on any atom is 0.407 e. The molecule has 8 heteroatoms. The lowest BCUT2D eigenvalue weighted by Crippen LogP contribution is -2.61. The first-order valence-corrected chi connectivity index (χ1v) is 13.3. The summed E-state index contributed by atoms with van der Waals surface area (Å²) < 4.78 is 5.74. The number of benzene rings is 2. The summed E-state index contributed by atoms with van der Waals surface area (Å²) in [5, 5.41) is 15.3. The lowest BCUT2D eigenvalue weighted by Gasteiger charge is -2.41. The number of carboxylic acid groups (broad SMARTS) is 1. The molecule has 1 heterocycles. The summed E-state index contributed by atoms with van der Waals surface area (Å²) in [5.41, 5.74) is 2.72. The molecule has 3 N–H and O–H groups in total. The number of carbonyl (C=O) groups excluding carboxylic acids is 2. The van der Waals surface area contributed by atoms with E-state index in [9.17, 15) is 19.5 Å². The number of carbonyl (C=O) groups is 3. The molecule has 5 rings (SSSR count). The minimum Gasteiger partial charge on any atom is -0.480 e. The third kappa shape index (κ3) is 4.63. The number of fused-ring (bicyclic) bond motifs is 3. The molecule has 0 bridgehead atoms. The normalized spacial score (nSPS) is 19.5. The fraction of sp³-hybridized carbons (Fsp3) is 0.444. The van der Waals surface area contributed by atoms with Crippen molar-refractivity contribution in [3.63, 3.8) is 0 Å². The summed E-state index contributed by atoms with van der Waals surface area (Å²) in [6.07, 6.45) is 2.44. The van der Waals surface area contributed by atoms with Crippen LogP contribution in [0.1, 0.15) is 55.6 Å². The minimum atomic E-state index is -1.16. The molecule has 1 aliphatic heterocycles. The Morgan fingerprint density at radius 3 is 2.06 bits per heavy atom. The Kier molecular flexibility index (Phi) is 6.49.